The van der Waals surface area contributed by atoms with Crippen LogP contribution in [-0.4, -0.2) is 15.6 Å². The minimum Gasteiger partial charge on any atom is -0.382 e. The number of aromatic amines is 1. The monoisotopic (exact) mass is 186 g/mol. The van der Waals surface area contributed by atoms with Crippen LogP contribution in [0.1, 0.15) is 0 Å². The van der Waals surface area contributed by atoms with Gasteiger partial charge in [-0.2, -0.15) is 0 Å². The van der Waals surface area contributed by atoms with Crippen molar-refractivity contribution in [3.05, 3.63) is 16.7 Å². The van der Waals surface area contributed by atoms with Gasteiger partial charge in [0.1, 0.15) is 5.69 Å². The lowest BCUT2D eigenvalue weighted by Gasteiger charge is -2.01. The van der Waals surface area contributed by atoms with Gasteiger partial charge in [-0.05, 0) is 9.24 Å². The lowest BCUT2D eigenvalue weighted by molar-refractivity contribution is 0.269. The van der Waals surface area contributed by atoms with Crippen molar-refractivity contribution < 1.29 is 4.79 Å². The van der Waals surface area contributed by atoms with Crippen LogP contribution in [0.15, 0.2) is 11.1 Å². The van der Waals surface area contributed by atoms with Gasteiger partial charge in [0.05, 0.1) is 6.33 Å². The van der Waals surface area contributed by atoms with E-state index in [0.717, 1.165) is 6.33 Å². The van der Waals surface area contributed by atoms with Gasteiger partial charge in [-0.1, -0.05) is 0 Å². The van der Waals surface area contributed by atoms with Crippen LogP contribution in [0.3, 0.4) is 0 Å². The molecule has 4 N–H and O–H groups in total. The number of nitrogens with one attached hydrogen (secondary N) is 2. The van der Waals surface area contributed by atoms with Crippen LogP contribution in [0.4, 0.5) is 16.3 Å². The second-order valence-electron chi connectivity index (χ2n) is 1.98. The van der Waals surface area contributed by atoms with Gasteiger partial charge in [-0.25, -0.2) is 4.98 Å². The fourth-order valence-corrected chi connectivity index (χ4v) is 0.802. The van der Waals surface area contributed by atoms with Crippen LogP contribution in [0.2, 0.25) is 0 Å². The molecule has 0 aliphatic heterocycles. The zero-order valence-corrected chi connectivity index (χ0v) is 7.15. The Morgan fingerprint density at radius 1 is 1.75 bits per heavy atom. The van der Waals surface area contributed by atoms with Crippen molar-refractivity contribution in [2.75, 3.05) is 11.1 Å². The van der Waals surface area contributed by atoms with E-state index in [1.54, 1.807) is 0 Å². The topological polar surface area (TPSA) is 101 Å². The maximum absolute atomic E-state index is 11.0. The van der Waals surface area contributed by atoms with Gasteiger partial charge in [0.15, 0.2) is 5.82 Å². The average molecular weight is 186 g/mol. The number of anilines is 2. The highest BCUT2D eigenvalue weighted by Crippen LogP contribution is 2.07. The molecular weight excluding hydrogens is 179 g/mol. The average Bonchev–Trinajstić information content (AvgIpc) is 1.97. The zero-order chi connectivity index (χ0) is 9.14. The number of H-pyrrole nitrogens is 1. The van der Waals surface area contributed by atoms with Gasteiger partial charge in [-0.15, -0.1) is 0 Å². The third kappa shape index (κ3) is 1.79. The number of carbonyl (C=O) groups excluding carboxylic acids is 1. The van der Waals surface area contributed by atoms with E-state index in [9.17, 15) is 9.59 Å². The van der Waals surface area contributed by atoms with Crippen molar-refractivity contribution in [2.45, 2.75) is 0 Å². The van der Waals surface area contributed by atoms with Gasteiger partial charge >= 0.3 is 0 Å². The molecule has 0 fully saturated rings. The number of amides is 1. The number of nitrogens with two attached hydrogens (primary N) is 1. The lowest BCUT2D eigenvalue weighted by Crippen LogP contribution is -2.18. The Hall–Kier alpha value is -1.42. The van der Waals surface area contributed by atoms with E-state index in [0.29, 0.717) is 0 Å². The Morgan fingerprint density at radius 3 is 2.92 bits per heavy atom. The van der Waals surface area contributed by atoms with Gasteiger partial charge < -0.3 is 16.0 Å². The number of hydrogen-bond donors (Lipinski definition) is 3. The molecule has 7 heteroatoms. The normalized spacial score (nSPS) is 9.42. The first kappa shape index (κ1) is 8.67. The van der Waals surface area contributed by atoms with E-state index in [-0.39, 0.29) is 11.5 Å². The maximum Gasteiger partial charge on any atom is 0.276 e. The van der Waals surface area contributed by atoms with E-state index in [4.69, 9.17) is 5.73 Å². The third-order valence-electron chi connectivity index (χ3n) is 1.13. The van der Waals surface area contributed by atoms with Crippen molar-refractivity contribution in [2.24, 2.45) is 0 Å². The summed E-state index contributed by atoms with van der Waals surface area (Å²) in [5.74, 6) is -0.00505. The zero-order valence-electron chi connectivity index (χ0n) is 6.00. The van der Waals surface area contributed by atoms with Crippen molar-refractivity contribution in [3.8, 4) is 0 Å². The Bertz CT molecular complexity index is 361. The first-order valence-corrected chi connectivity index (χ1v) is 3.58. The predicted octanol–water partition coefficient (Wildman–Crippen LogP) is -0.241. The van der Waals surface area contributed by atoms with Crippen LogP contribution < -0.4 is 16.6 Å². The summed E-state index contributed by atoms with van der Waals surface area (Å²) >= 11 is 0. The fraction of sp³-hybridized carbons (Fsp3) is 0. The molecule has 12 heavy (non-hydrogen) atoms. The van der Waals surface area contributed by atoms with Gasteiger partial charge in [0, 0.05) is 0 Å². The first-order chi connectivity index (χ1) is 5.61. The number of rotatable bonds is 1. The molecule has 0 aliphatic carbocycles. The van der Waals surface area contributed by atoms with Crippen LogP contribution >= 0.6 is 9.24 Å². The summed E-state index contributed by atoms with van der Waals surface area (Å²) in [5, 5.41) is 2.23. The highest BCUT2D eigenvalue weighted by Gasteiger charge is 2.05. The molecule has 1 rings (SSSR count). The number of aromatic nitrogens is 2. The molecule has 1 aromatic rings. The van der Waals surface area contributed by atoms with Gasteiger partial charge in [-0.3, -0.25) is 9.59 Å². The van der Waals surface area contributed by atoms with Crippen LogP contribution in [0, 0.1) is 0 Å². The van der Waals surface area contributed by atoms with Gasteiger partial charge in [0.2, 0.25) is 5.65 Å². The SMILES string of the molecule is Nc1nc[nH]c(=O)c1NC(=O)P. The summed E-state index contributed by atoms with van der Waals surface area (Å²) in [6.07, 6.45) is 1.16. The molecule has 0 saturated heterocycles. The minimum absolute atomic E-state index is 0.00505. The van der Waals surface area contributed by atoms with Crippen molar-refractivity contribution in [3.63, 3.8) is 0 Å². The standard InChI is InChI=1S/C5H7N4O2P/c6-3-2(9-5(11)12)4(10)8-1-7-3/h1H,12H2,(H,9,11)(H3,6,7,8,10). The molecule has 6 nitrogen and oxygen atoms in total. The van der Waals surface area contributed by atoms with Crippen molar-refractivity contribution in [1.82, 2.24) is 9.97 Å². The summed E-state index contributed by atoms with van der Waals surface area (Å²) < 4.78 is 0. The van der Waals surface area contributed by atoms with Crippen LogP contribution in [0.25, 0.3) is 0 Å². The molecular formula is C5H7N4O2P. The van der Waals surface area contributed by atoms with Crippen LogP contribution in [0.5, 0.6) is 0 Å². The predicted molar refractivity (Wildman–Crippen MR) is 48.0 cm³/mol. The van der Waals surface area contributed by atoms with E-state index in [2.05, 4.69) is 15.3 Å². The summed E-state index contributed by atoms with van der Waals surface area (Å²) in [7, 11) is 1.87. The largest absolute Gasteiger partial charge is 0.382 e. The third-order valence-corrected chi connectivity index (χ3v) is 1.28. The Kier molecular flexibility index (Phi) is 2.40. The molecule has 1 unspecified atom stereocenters. The van der Waals surface area contributed by atoms with Gasteiger partial charge in [0.25, 0.3) is 5.56 Å². The Labute approximate surface area is 69.8 Å². The molecule has 0 saturated carbocycles. The van der Waals surface area contributed by atoms with Crippen molar-refractivity contribution >= 4 is 26.4 Å². The molecule has 1 amide bonds. The smallest absolute Gasteiger partial charge is 0.276 e. The first-order valence-electron chi connectivity index (χ1n) is 3.01. The fourth-order valence-electron chi connectivity index (χ4n) is 0.657. The summed E-state index contributed by atoms with van der Waals surface area (Å²) in [6.45, 7) is 0. The van der Waals surface area contributed by atoms with E-state index < -0.39 is 11.2 Å². The molecule has 1 atom stereocenters. The van der Waals surface area contributed by atoms with E-state index in [1.165, 1.54) is 0 Å². The molecule has 0 radical (unpaired) electrons. The number of nitrogens with zero attached hydrogens (tertiary/aromatic N) is 1. The molecule has 64 valence electrons. The lowest BCUT2D eigenvalue weighted by atomic mass is 10.5. The van der Waals surface area contributed by atoms with E-state index in [1.807, 2.05) is 9.24 Å². The second-order valence-corrected chi connectivity index (χ2v) is 2.51. The highest BCUT2D eigenvalue weighted by molar-refractivity contribution is 7.40. The van der Waals surface area contributed by atoms with E-state index >= 15 is 0 Å². The molecule has 0 bridgehead atoms. The Balaban J connectivity index is 3.13. The number of nitrogen functional groups attached to an aromatic ring is 1. The van der Waals surface area contributed by atoms with Crippen molar-refractivity contribution in [1.29, 1.82) is 0 Å². The summed E-state index contributed by atoms with van der Waals surface area (Å²) in [5.41, 5.74) is 4.37. The molecule has 1 aromatic heterocycles. The quantitative estimate of drug-likeness (QED) is 0.526. The molecule has 0 aromatic carbocycles. The maximum atomic E-state index is 11.0. The Morgan fingerprint density at radius 2 is 2.42 bits per heavy atom. The highest BCUT2D eigenvalue weighted by atomic mass is 31.0. The second kappa shape index (κ2) is 3.32. The minimum atomic E-state index is -0.474. The summed E-state index contributed by atoms with van der Waals surface area (Å²) in [4.78, 5) is 27.4. The van der Waals surface area contributed by atoms with Crippen LogP contribution in [-0.2, 0) is 0 Å². The number of hydrogen-bond acceptors (Lipinski definition) is 4. The number of carbonyl (C=O) groups is 1. The molecule has 0 spiro atoms. The molecule has 1 heterocycles. The molecule has 0 aliphatic rings. The summed E-state index contributed by atoms with van der Waals surface area (Å²) in [6, 6.07) is 0.